The van der Waals surface area contributed by atoms with Crippen LogP contribution in [0.3, 0.4) is 0 Å². The van der Waals surface area contributed by atoms with Gasteiger partial charge in [0.1, 0.15) is 0 Å². The Morgan fingerprint density at radius 2 is 2.06 bits per heavy atom. The smallest absolute Gasteiger partial charge is 0.317 e. The SMILES string of the molecule is CNC(=O)N1CC[C@H](NC(=O)NC(C)C)C1. The summed E-state index contributed by atoms with van der Waals surface area (Å²) in [6.45, 7) is 5.08. The highest BCUT2D eigenvalue weighted by atomic mass is 16.2. The van der Waals surface area contributed by atoms with E-state index in [9.17, 15) is 9.59 Å². The van der Waals surface area contributed by atoms with Gasteiger partial charge in [-0.05, 0) is 20.3 Å². The third kappa shape index (κ3) is 3.60. The van der Waals surface area contributed by atoms with Crippen molar-refractivity contribution in [3.05, 3.63) is 0 Å². The minimum atomic E-state index is -0.168. The number of carbonyl (C=O) groups is 2. The molecular formula is C10H20N4O2. The van der Waals surface area contributed by atoms with Crippen molar-refractivity contribution in [2.24, 2.45) is 0 Å². The van der Waals surface area contributed by atoms with Crippen molar-refractivity contribution in [3.63, 3.8) is 0 Å². The lowest BCUT2D eigenvalue weighted by atomic mass is 10.3. The van der Waals surface area contributed by atoms with Gasteiger partial charge in [0.05, 0.1) is 0 Å². The summed E-state index contributed by atoms with van der Waals surface area (Å²) < 4.78 is 0. The minimum absolute atomic E-state index is 0.0519. The van der Waals surface area contributed by atoms with E-state index < -0.39 is 0 Å². The minimum Gasteiger partial charge on any atom is -0.341 e. The Bertz CT molecular complexity index is 268. The van der Waals surface area contributed by atoms with E-state index in [2.05, 4.69) is 16.0 Å². The fraction of sp³-hybridized carbons (Fsp3) is 0.800. The number of nitrogens with one attached hydrogen (secondary N) is 3. The van der Waals surface area contributed by atoms with Gasteiger partial charge in [-0.2, -0.15) is 0 Å². The van der Waals surface area contributed by atoms with Crippen LogP contribution in [0, 0.1) is 0 Å². The van der Waals surface area contributed by atoms with E-state index in [0.29, 0.717) is 13.1 Å². The van der Waals surface area contributed by atoms with Gasteiger partial charge in [-0.15, -0.1) is 0 Å². The summed E-state index contributed by atoms with van der Waals surface area (Å²) in [6, 6.07) is -0.0835. The Kier molecular flexibility index (Phi) is 4.39. The quantitative estimate of drug-likeness (QED) is 0.627. The third-order valence-electron chi connectivity index (χ3n) is 2.44. The second-order valence-corrected chi connectivity index (χ2v) is 4.26. The number of amides is 4. The van der Waals surface area contributed by atoms with Crippen LogP contribution >= 0.6 is 0 Å². The topological polar surface area (TPSA) is 73.5 Å². The monoisotopic (exact) mass is 228 g/mol. The van der Waals surface area contributed by atoms with Crippen LogP contribution in [0.5, 0.6) is 0 Å². The summed E-state index contributed by atoms with van der Waals surface area (Å²) >= 11 is 0. The van der Waals surface area contributed by atoms with Crippen molar-refractivity contribution in [2.75, 3.05) is 20.1 Å². The molecule has 0 aromatic carbocycles. The van der Waals surface area contributed by atoms with Crippen LogP contribution in [0.1, 0.15) is 20.3 Å². The second-order valence-electron chi connectivity index (χ2n) is 4.26. The summed E-state index contributed by atoms with van der Waals surface area (Å²) in [5.74, 6) is 0. The molecule has 92 valence electrons. The Morgan fingerprint density at radius 3 is 2.62 bits per heavy atom. The van der Waals surface area contributed by atoms with Crippen LogP contribution in [0.25, 0.3) is 0 Å². The lowest BCUT2D eigenvalue weighted by molar-refractivity contribution is 0.209. The van der Waals surface area contributed by atoms with E-state index in [1.807, 2.05) is 13.8 Å². The molecule has 0 spiro atoms. The van der Waals surface area contributed by atoms with Crippen molar-refractivity contribution in [1.29, 1.82) is 0 Å². The van der Waals surface area contributed by atoms with Crippen LogP contribution in [-0.2, 0) is 0 Å². The van der Waals surface area contributed by atoms with E-state index >= 15 is 0 Å². The molecule has 1 heterocycles. The summed E-state index contributed by atoms with van der Waals surface area (Å²) in [7, 11) is 1.61. The van der Waals surface area contributed by atoms with Gasteiger partial charge in [-0.1, -0.05) is 0 Å². The maximum atomic E-state index is 11.4. The standard InChI is InChI=1S/C10H20N4O2/c1-7(2)12-9(15)13-8-4-5-14(6-8)10(16)11-3/h7-8H,4-6H2,1-3H3,(H,11,16)(H2,12,13,15)/t8-/m0/s1. The molecule has 1 aliphatic rings. The van der Waals surface area contributed by atoms with Gasteiger partial charge < -0.3 is 20.9 Å². The van der Waals surface area contributed by atoms with E-state index in [-0.39, 0.29) is 24.1 Å². The van der Waals surface area contributed by atoms with Gasteiger partial charge in [-0.25, -0.2) is 9.59 Å². The summed E-state index contributed by atoms with van der Waals surface area (Å²) in [4.78, 5) is 24.4. The van der Waals surface area contributed by atoms with Crippen molar-refractivity contribution in [1.82, 2.24) is 20.9 Å². The van der Waals surface area contributed by atoms with E-state index in [1.165, 1.54) is 0 Å². The number of urea groups is 2. The fourth-order valence-electron chi connectivity index (χ4n) is 1.71. The summed E-state index contributed by atoms with van der Waals surface area (Å²) in [5, 5.41) is 8.18. The molecule has 0 aromatic rings. The highest BCUT2D eigenvalue weighted by Gasteiger charge is 2.26. The van der Waals surface area contributed by atoms with Gasteiger partial charge in [0.25, 0.3) is 0 Å². The van der Waals surface area contributed by atoms with Crippen molar-refractivity contribution in [3.8, 4) is 0 Å². The fourth-order valence-corrected chi connectivity index (χ4v) is 1.71. The van der Waals surface area contributed by atoms with Crippen molar-refractivity contribution < 1.29 is 9.59 Å². The normalized spacial score (nSPS) is 19.8. The van der Waals surface area contributed by atoms with E-state index in [4.69, 9.17) is 0 Å². The number of hydrogen-bond donors (Lipinski definition) is 3. The molecule has 1 atom stereocenters. The van der Waals surface area contributed by atoms with E-state index in [0.717, 1.165) is 6.42 Å². The molecule has 1 aliphatic heterocycles. The molecule has 0 unspecified atom stereocenters. The zero-order valence-corrected chi connectivity index (χ0v) is 10.0. The first-order valence-corrected chi connectivity index (χ1v) is 5.56. The molecule has 4 amide bonds. The predicted octanol–water partition coefficient (Wildman–Crippen LogP) is 0.108. The molecule has 0 bridgehead atoms. The highest BCUT2D eigenvalue weighted by molar-refractivity contribution is 5.76. The van der Waals surface area contributed by atoms with Crippen molar-refractivity contribution in [2.45, 2.75) is 32.4 Å². The van der Waals surface area contributed by atoms with Gasteiger partial charge in [0, 0.05) is 32.2 Å². The van der Waals surface area contributed by atoms with Crippen LogP contribution in [0.4, 0.5) is 9.59 Å². The average molecular weight is 228 g/mol. The summed E-state index contributed by atoms with van der Waals surface area (Å²) in [5.41, 5.74) is 0. The molecule has 1 fully saturated rings. The van der Waals surface area contributed by atoms with Crippen LogP contribution in [0.2, 0.25) is 0 Å². The Morgan fingerprint density at radius 1 is 1.38 bits per heavy atom. The molecule has 0 radical (unpaired) electrons. The first-order chi connectivity index (χ1) is 7.52. The number of hydrogen-bond acceptors (Lipinski definition) is 2. The Balaban J connectivity index is 2.31. The van der Waals surface area contributed by atoms with Crippen LogP contribution < -0.4 is 16.0 Å². The highest BCUT2D eigenvalue weighted by Crippen LogP contribution is 2.08. The predicted molar refractivity (Wildman–Crippen MR) is 61.2 cm³/mol. The lowest BCUT2D eigenvalue weighted by Gasteiger charge is -2.17. The average Bonchev–Trinajstić information content (AvgIpc) is 2.63. The molecular weight excluding hydrogens is 208 g/mol. The molecule has 0 aromatic heterocycles. The Hall–Kier alpha value is -1.46. The molecule has 6 nitrogen and oxygen atoms in total. The Labute approximate surface area is 95.8 Å². The molecule has 16 heavy (non-hydrogen) atoms. The molecule has 1 rings (SSSR count). The van der Waals surface area contributed by atoms with Crippen molar-refractivity contribution >= 4 is 12.1 Å². The number of carbonyl (C=O) groups excluding carboxylic acids is 2. The summed E-state index contributed by atoms with van der Waals surface area (Å²) in [6.07, 6.45) is 0.804. The largest absolute Gasteiger partial charge is 0.341 e. The molecule has 1 saturated heterocycles. The van der Waals surface area contributed by atoms with Crippen LogP contribution in [-0.4, -0.2) is 49.2 Å². The lowest BCUT2D eigenvalue weighted by Crippen LogP contribution is -2.46. The first-order valence-electron chi connectivity index (χ1n) is 5.56. The van der Waals surface area contributed by atoms with Crippen LogP contribution in [0.15, 0.2) is 0 Å². The maximum Gasteiger partial charge on any atom is 0.317 e. The molecule has 6 heteroatoms. The number of nitrogens with zero attached hydrogens (tertiary/aromatic N) is 1. The zero-order chi connectivity index (χ0) is 12.1. The maximum absolute atomic E-state index is 11.4. The number of likely N-dealkylation sites (tertiary alicyclic amines) is 1. The molecule has 0 aliphatic carbocycles. The molecule has 0 saturated carbocycles. The van der Waals surface area contributed by atoms with Gasteiger partial charge in [-0.3, -0.25) is 0 Å². The first kappa shape index (κ1) is 12.6. The third-order valence-corrected chi connectivity index (χ3v) is 2.44. The van der Waals surface area contributed by atoms with Gasteiger partial charge in [0.2, 0.25) is 0 Å². The molecule has 3 N–H and O–H groups in total. The zero-order valence-electron chi connectivity index (χ0n) is 10.0. The number of rotatable bonds is 2. The van der Waals surface area contributed by atoms with E-state index in [1.54, 1.807) is 11.9 Å². The van der Waals surface area contributed by atoms with Gasteiger partial charge >= 0.3 is 12.1 Å². The second kappa shape index (κ2) is 5.58. The van der Waals surface area contributed by atoms with Gasteiger partial charge in [0.15, 0.2) is 0 Å².